The molecular formula is C9H10O7. The highest BCUT2D eigenvalue weighted by Gasteiger charge is 2.33. The van der Waals surface area contributed by atoms with Gasteiger partial charge in [0, 0.05) is 5.57 Å². The van der Waals surface area contributed by atoms with Crippen LogP contribution in [-0.2, 0) is 14.3 Å². The molecule has 1 aliphatic rings. The van der Waals surface area contributed by atoms with E-state index in [0.717, 1.165) is 0 Å². The van der Waals surface area contributed by atoms with E-state index in [2.05, 4.69) is 16.1 Å². The number of rotatable bonds is 2. The minimum Gasteiger partial charge on any atom is -0.503 e. The molecule has 7 nitrogen and oxygen atoms in total. The maximum Gasteiger partial charge on any atom is 0.336 e. The van der Waals surface area contributed by atoms with Gasteiger partial charge < -0.3 is 29.9 Å². The van der Waals surface area contributed by atoms with E-state index in [1.165, 1.54) is 6.92 Å². The van der Waals surface area contributed by atoms with Gasteiger partial charge in [0.1, 0.15) is 0 Å². The maximum absolute atomic E-state index is 11.1. The number of hydrogen-bond donors (Lipinski definition) is 4. The summed E-state index contributed by atoms with van der Waals surface area (Å²) in [6.45, 7) is 4.64. The summed E-state index contributed by atoms with van der Waals surface area (Å²) in [5.74, 6) is -4.94. The average molecular weight is 230 g/mol. The summed E-state index contributed by atoms with van der Waals surface area (Å²) in [6, 6.07) is 0. The third-order valence-electron chi connectivity index (χ3n) is 1.67. The Kier molecular flexibility index (Phi) is 2.98. The van der Waals surface area contributed by atoms with Crippen LogP contribution in [0.2, 0.25) is 0 Å². The third-order valence-corrected chi connectivity index (χ3v) is 1.67. The van der Waals surface area contributed by atoms with Gasteiger partial charge in [-0.2, -0.15) is 0 Å². The van der Waals surface area contributed by atoms with Gasteiger partial charge in [-0.25, -0.2) is 4.79 Å². The van der Waals surface area contributed by atoms with Crippen molar-refractivity contribution in [2.45, 2.75) is 13.2 Å². The second kappa shape index (κ2) is 4.05. The van der Waals surface area contributed by atoms with E-state index >= 15 is 0 Å². The first-order chi connectivity index (χ1) is 7.34. The molecule has 0 aliphatic carbocycles. The highest BCUT2D eigenvalue weighted by Crippen LogP contribution is 2.24. The SMILES string of the molecule is C=C(C)C(=O)OC1OC(O)=C(O)C(O)=C1O. The molecule has 0 amide bonds. The van der Waals surface area contributed by atoms with E-state index in [4.69, 9.17) is 15.3 Å². The number of aliphatic hydroxyl groups is 4. The zero-order valence-corrected chi connectivity index (χ0v) is 8.30. The normalized spacial score (nSPS) is 20.4. The molecule has 7 heteroatoms. The molecule has 0 aromatic carbocycles. The Bertz CT molecular complexity index is 404. The molecule has 0 saturated carbocycles. The molecule has 1 atom stereocenters. The summed E-state index contributed by atoms with van der Waals surface area (Å²) in [7, 11) is 0. The van der Waals surface area contributed by atoms with Crippen LogP contribution in [0.5, 0.6) is 0 Å². The van der Waals surface area contributed by atoms with Crippen molar-refractivity contribution in [3.05, 3.63) is 35.4 Å². The molecular weight excluding hydrogens is 220 g/mol. The van der Waals surface area contributed by atoms with Gasteiger partial charge in [0.05, 0.1) is 0 Å². The van der Waals surface area contributed by atoms with Crippen molar-refractivity contribution in [2.75, 3.05) is 0 Å². The molecule has 1 aliphatic heterocycles. The Morgan fingerprint density at radius 2 is 1.88 bits per heavy atom. The van der Waals surface area contributed by atoms with Crippen LogP contribution in [0.1, 0.15) is 6.92 Å². The van der Waals surface area contributed by atoms with E-state index in [9.17, 15) is 9.90 Å². The third kappa shape index (κ3) is 2.02. The monoisotopic (exact) mass is 230 g/mol. The first-order valence-corrected chi connectivity index (χ1v) is 4.12. The van der Waals surface area contributed by atoms with Crippen molar-refractivity contribution in [1.29, 1.82) is 0 Å². The van der Waals surface area contributed by atoms with Gasteiger partial charge in [-0.1, -0.05) is 6.58 Å². The smallest absolute Gasteiger partial charge is 0.336 e. The number of aliphatic hydroxyl groups excluding tert-OH is 4. The summed E-state index contributed by atoms with van der Waals surface area (Å²) in [4.78, 5) is 11.1. The van der Waals surface area contributed by atoms with E-state index in [1.807, 2.05) is 0 Å². The number of carbonyl (C=O) groups is 1. The van der Waals surface area contributed by atoms with E-state index in [-0.39, 0.29) is 5.57 Å². The van der Waals surface area contributed by atoms with Crippen LogP contribution >= 0.6 is 0 Å². The quantitative estimate of drug-likeness (QED) is 0.414. The van der Waals surface area contributed by atoms with Crippen LogP contribution < -0.4 is 0 Å². The van der Waals surface area contributed by atoms with Gasteiger partial charge in [0.15, 0.2) is 0 Å². The summed E-state index contributed by atoms with van der Waals surface area (Å²) in [5.41, 5.74) is 0.0363. The van der Waals surface area contributed by atoms with Gasteiger partial charge in [-0.05, 0) is 6.92 Å². The van der Waals surface area contributed by atoms with Crippen molar-refractivity contribution in [1.82, 2.24) is 0 Å². The molecule has 1 heterocycles. The number of carbonyl (C=O) groups excluding carboxylic acids is 1. The van der Waals surface area contributed by atoms with Gasteiger partial charge >= 0.3 is 18.2 Å². The van der Waals surface area contributed by atoms with Crippen LogP contribution in [0.25, 0.3) is 0 Å². The fraction of sp³-hybridized carbons (Fsp3) is 0.222. The molecule has 0 fully saturated rings. The first kappa shape index (κ1) is 11.8. The van der Waals surface area contributed by atoms with Crippen molar-refractivity contribution in [2.24, 2.45) is 0 Å². The van der Waals surface area contributed by atoms with Gasteiger partial charge in [-0.3, -0.25) is 0 Å². The molecule has 4 N–H and O–H groups in total. The Balaban J connectivity index is 2.88. The van der Waals surface area contributed by atoms with Crippen molar-refractivity contribution < 1.29 is 34.7 Å². The Morgan fingerprint density at radius 3 is 2.38 bits per heavy atom. The number of hydrogen-bond acceptors (Lipinski definition) is 7. The molecule has 0 bridgehead atoms. The van der Waals surface area contributed by atoms with E-state index < -0.39 is 35.5 Å². The lowest BCUT2D eigenvalue weighted by Gasteiger charge is -2.22. The molecule has 0 aromatic heterocycles. The zero-order chi connectivity index (χ0) is 12.5. The Hall–Kier alpha value is -2.31. The van der Waals surface area contributed by atoms with Gasteiger partial charge in [0.2, 0.25) is 17.3 Å². The summed E-state index contributed by atoms with van der Waals surface area (Å²) in [5, 5.41) is 36.3. The minimum atomic E-state index is -1.72. The molecule has 1 unspecified atom stereocenters. The van der Waals surface area contributed by atoms with Crippen molar-refractivity contribution in [3.8, 4) is 0 Å². The first-order valence-electron chi connectivity index (χ1n) is 4.12. The predicted octanol–water partition coefficient (Wildman–Crippen LogP) is 1.07. The lowest BCUT2D eigenvalue weighted by atomic mass is 10.3. The number of esters is 1. The fourth-order valence-electron chi connectivity index (χ4n) is 0.825. The second-order valence-electron chi connectivity index (χ2n) is 3.02. The molecule has 88 valence electrons. The average Bonchev–Trinajstić information content (AvgIpc) is 2.22. The molecule has 0 radical (unpaired) electrons. The molecule has 0 spiro atoms. The lowest BCUT2D eigenvalue weighted by molar-refractivity contribution is -0.175. The van der Waals surface area contributed by atoms with E-state index in [1.54, 1.807) is 0 Å². The predicted molar refractivity (Wildman–Crippen MR) is 50.3 cm³/mol. The standard InChI is InChI=1S/C9H10O7/c1-3(2)7(13)15-9-6(12)4(10)5(11)8(14)16-9/h9-12,14H,1H2,2H3. The van der Waals surface area contributed by atoms with Crippen molar-refractivity contribution in [3.63, 3.8) is 0 Å². The van der Waals surface area contributed by atoms with Crippen LogP contribution in [0.4, 0.5) is 0 Å². The molecule has 0 saturated heterocycles. The second-order valence-corrected chi connectivity index (χ2v) is 3.02. The van der Waals surface area contributed by atoms with Crippen LogP contribution in [-0.4, -0.2) is 32.7 Å². The summed E-state index contributed by atoms with van der Waals surface area (Å²) < 4.78 is 8.96. The lowest BCUT2D eigenvalue weighted by Crippen LogP contribution is -2.28. The highest BCUT2D eigenvalue weighted by atomic mass is 16.7. The minimum absolute atomic E-state index is 0.0363. The van der Waals surface area contributed by atoms with Gasteiger partial charge in [0.25, 0.3) is 0 Å². The highest BCUT2D eigenvalue weighted by molar-refractivity contribution is 5.87. The zero-order valence-electron chi connectivity index (χ0n) is 8.30. The fourth-order valence-corrected chi connectivity index (χ4v) is 0.825. The van der Waals surface area contributed by atoms with Crippen LogP contribution in [0, 0.1) is 0 Å². The van der Waals surface area contributed by atoms with Gasteiger partial charge in [-0.15, -0.1) is 0 Å². The topological polar surface area (TPSA) is 116 Å². The largest absolute Gasteiger partial charge is 0.503 e. The van der Waals surface area contributed by atoms with Crippen molar-refractivity contribution >= 4 is 5.97 Å². The summed E-state index contributed by atoms with van der Waals surface area (Å²) >= 11 is 0. The van der Waals surface area contributed by atoms with Crippen LogP contribution in [0.15, 0.2) is 35.4 Å². The molecule has 16 heavy (non-hydrogen) atoms. The Morgan fingerprint density at radius 1 is 1.31 bits per heavy atom. The number of ether oxygens (including phenoxy) is 2. The van der Waals surface area contributed by atoms with E-state index in [0.29, 0.717) is 0 Å². The Labute approximate surface area is 90.1 Å². The molecule has 0 aromatic rings. The summed E-state index contributed by atoms with van der Waals surface area (Å²) in [6.07, 6.45) is -1.72. The van der Waals surface area contributed by atoms with Crippen LogP contribution in [0.3, 0.4) is 0 Å². The maximum atomic E-state index is 11.1. The molecule has 1 rings (SSSR count).